The highest BCUT2D eigenvalue weighted by atomic mass is 32.2. The third-order valence-electron chi connectivity index (χ3n) is 3.04. The summed E-state index contributed by atoms with van der Waals surface area (Å²) in [4.78, 5) is 5.48. The van der Waals surface area contributed by atoms with Crippen molar-refractivity contribution < 1.29 is 9.47 Å². The van der Waals surface area contributed by atoms with Gasteiger partial charge in [0.15, 0.2) is 11.5 Å². The molecule has 0 unspecified atom stereocenters. The molecule has 0 spiro atoms. The maximum Gasteiger partial charge on any atom is 0.162 e. The lowest BCUT2D eigenvalue weighted by molar-refractivity contribution is 0.171. The number of hydrogen-bond acceptors (Lipinski definition) is 5. The number of aromatic nitrogens is 1. The average molecular weight is 288 g/mol. The van der Waals surface area contributed by atoms with Crippen molar-refractivity contribution >= 4 is 17.6 Å². The Kier molecular flexibility index (Phi) is 3.97. The standard InChI is InChI=1S/C15H16N2O2S/c1-16-15-11(3-2-6-17-15)10-20-12-4-5-13-14(9-12)19-8-7-18-13/h2-6,9H,7-8,10H2,1H3,(H,16,17). The number of anilines is 1. The van der Waals surface area contributed by atoms with Crippen molar-refractivity contribution in [2.24, 2.45) is 0 Å². The molecular formula is C15H16N2O2S. The van der Waals surface area contributed by atoms with Gasteiger partial charge in [-0.25, -0.2) is 4.98 Å². The first-order valence-corrected chi connectivity index (χ1v) is 7.49. The number of rotatable bonds is 4. The second-order valence-corrected chi connectivity index (χ2v) is 5.40. The molecule has 5 heteroatoms. The number of thioether (sulfide) groups is 1. The van der Waals surface area contributed by atoms with Gasteiger partial charge < -0.3 is 14.8 Å². The molecule has 2 aromatic rings. The van der Waals surface area contributed by atoms with Crippen molar-refractivity contribution in [2.45, 2.75) is 10.6 Å². The molecule has 3 rings (SSSR count). The summed E-state index contributed by atoms with van der Waals surface area (Å²) < 4.78 is 11.1. The van der Waals surface area contributed by atoms with E-state index in [0.29, 0.717) is 13.2 Å². The second kappa shape index (κ2) is 6.05. The van der Waals surface area contributed by atoms with E-state index in [1.807, 2.05) is 25.2 Å². The Labute approximate surface area is 122 Å². The fourth-order valence-electron chi connectivity index (χ4n) is 2.05. The van der Waals surface area contributed by atoms with Gasteiger partial charge in [0, 0.05) is 29.5 Å². The van der Waals surface area contributed by atoms with Crippen LogP contribution in [-0.4, -0.2) is 25.2 Å². The Bertz CT molecular complexity index is 604. The summed E-state index contributed by atoms with van der Waals surface area (Å²) in [5.74, 6) is 3.46. The lowest BCUT2D eigenvalue weighted by Crippen LogP contribution is -2.15. The third-order valence-corrected chi connectivity index (χ3v) is 4.08. The first-order chi connectivity index (χ1) is 9.86. The zero-order chi connectivity index (χ0) is 13.8. The molecule has 1 aliphatic heterocycles. The first-order valence-electron chi connectivity index (χ1n) is 6.51. The second-order valence-electron chi connectivity index (χ2n) is 4.36. The molecule has 1 aromatic carbocycles. The van der Waals surface area contributed by atoms with E-state index >= 15 is 0 Å². The number of hydrogen-bond donors (Lipinski definition) is 1. The van der Waals surface area contributed by atoms with Crippen LogP contribution in [0.3, 0.4) is 0 Å². The summed E-state index contributed by atoms with van der Waals surface area (Å²) in [5.41, 5.74) is 1.19. The quantitative estimate of drug-likeness (QED) is 0.875. The van der Waals surface area contributed by atoms with Crippen molar-refractivity contribution in [3.8, 4) is 11.5 Å². The smallest absolute Gasteiger partial charge is 0.162 e. The largest absolute Gasteiger partial charge is 0.486 e. The van der Waals surface area contributed by atoms with Crippen LogP contribution in [0, 0.1) is 0 Å². The van der Waals surface area contributed by atoms with E-state index in [4.69, 9.17) is 9.47 Å². The molecule has 104 valence electrons. The van der Waals surface area contributed by atoms with E-state index in [2.05, 4.69) is 22.4 Å². The van der Waals surface area contributed by atoms with Crippen LogP contribution in [0.15, 0.2) is 41.4 Å². The van der Waals surface area contributed by atoms with Gasteiger partial charge in [0.2, 0.25) is 0 Å². The molecule has 0 bridgehead atoms. The first kappa shape index (κ1) is 13.1. The van der Waals surface area contributed by atoms with E-state index < -0.39 is 0 Å². The summed E-state index contributed by atoms with van der Waals surface area (Å²) in [7, 11) is 1.89. The fraction of sp³-hybridized carbons (Fsp3) is 0.267. The summed E-state index contributed by atoms with van der Waals surface area (Å²) in [6, 6.07) is 10.1. The molecule has 1 aromatic heterocycles. The van der Waals surface area contributed by atoms with E-state index in [9.17, 15) is 0 Å². The van der Waals surface area contributed by atoms with Gasteiger partial charge in [-0.15, -0.1) is 11.8 Å². The minimum atomic E-state index is 0.619. The van der Waals surface area contributed by atoms with E-state index in [-0.39, 0.29) is 0 Å². The maximum atomic E-state index is 5.60. The minimum Gasteiger partial charge on any atom is -0.486 e. The van der Waals surface area contributed by atoms with Gasteiger partial charge in [0.1, 0.15) is 19.0 Å². The van der Waals surface area contributed by atoms with Crippen LogP contribution in [0.1, 0.15) is 5.56 Å². The van der Waals surface area contributed by atoms with Crippen LogP contribution in [0.2, 0.25) is 0 Å². The van der Waals surface area contributed by atoms with Crippen molar-refractivity contribution in [2.75, 3.05) is 25.6 Å². The molecule has 4 nitrogen and oxygen atoms in total. The van der Waals surface area contributed by atoms with Gasteiger partial charge in [-0.3, -0.25) is 0 Å². The molecule has 0 amide bonds. The van der Waals surface area contributed by atoms with Crippen LogP contribution >= 0.6 is 11.8 Å². The SMILES string of the molecule is CNc1ncccc1CSc1ccc2c(c1)OCCO2. The highest BCUT2D eigenvalue weighted by Gasteiger charge is 2.12. The Hall–Kier alpha value is -1.88. The molecule has 0 saturated heterocycles. The van der Waals surface area contributed by atoms with Gasteiger partial charge in [0.25, 0.3) is 0 Å². The minimum absolute atomic E-state index is 0.619. The van der Waals surface area contributed by atoms with E-state index in [1.54, 1.807) is 18.0 Å². The molecule has 2 heterocycles. The molecule has 0 fully saturated rings. The predicted octanol–water partition coefficient (Wildman–Crippen LogP) is 3.19. The zero-order valence-electron chi connectivity index (χ0n) is 11.3. The molecule has 1 aliphatic rings. The molecule has 0 saturated carbocycles. The molecule has 20 heavy (non-hydrogen) atoms. The van der Waals surface area contributed by atoms with Gasteiger partial charge in [0.05, 0.1) is 0 Å². The molecule has 0 aliphatic carbocycles. The zero-order valence-corrected chi connectivity index (χ0v) is 12.1. The number of pyridine rings is 1. The predicted molar refractivity (Wildman–Crippen MR) is 80.8 cm³/mol. The number of nitrogens with one attached hydrogen (secondary N) is 1. The van der Waals surface area contributed by atoms with Gasteiger partial charge in [-0.2, -0.15) is 0 Å². The highest BCUT2D eigenvalue weighted by Crippen LogP contribution is 2.35. The van der Waals surface area contributed by atoms with Crippen molar-refractivity contribution in [3.05, 3.63) is 42.1 Å². The molecule has 0 radical (unpaired) electrons. The summed E-state index contributed by atoms with van der Waals surface area (Å²) in [5, 5.41) is 3.11. The lowest BCUT2D eigenvalue weighted by Gasteiger charge is -2.18. The van der Waals surface area contributed by atoms with Crippen LogP contribution in [0.25, 0.3) is 0 Å². The summed E-state index contributed by atoms with van der Waals surface area (Å²) in [6.07, 6.45) is 1.80. The Morgan fingerprint density at radius 1 is 1.20 bits per heavy atom. The van der Waals surface area contributed by atoms with Gasteiger partial charge >= 0.3 is 0 Å². The van der Waals surface area contributed by atoms with Crippen LogP contribution in [-0.2, 0) is 5.75 Å². The summed E-state index contributed by atoms with van der Waals surface area (Å²) >= 11 is 1.76. The van der Waals surface area contributed by atoms with Crippen LogP contribution in [0.4, 0.5) is 5.82 Å². The normalized spacial score (nSPS) is 13.1. The average Bonchev–Trinajstić information content (AvgIpc) is 2.53. The van der Waals surface area contributed by atoms with Crippen LogP contribution in [0.5, 0.6) is 11.5 Å². The van der Waals surface area contributed by atoms with Gasteiger partial charge in [-0.1, -0.05) is 6.07 Å². The molecular weight excluding hydrogens is 272 g/mol. The fourth-order valence-corrected chi connectivity index (χ4v) is 2.96. The van der Waals surface area contributed by atoms with Crippen molar-refractivity contribution in [3.63, 3.8) is 0 Å². The maximum absolute atomic E-state index is 5.60. The van der Waals surface area contributed by atoms with E-state index in [1.165, 1.54) is 10.5 Å². The number of ether oxygens (including phenoxy) is 2. The molecule has 0 atom stereocenters. The van der Waals surface area contributed by atoms with Crippen molar-refractivity contribution in [1.29, 1.82) is 0 Å². The Balaban J connectivity index is 1.72. The third kappa shape index (κ3) is 2.82. The van der Waals surface area contributed by atoms with Crippen molar-refractivity contribution in [1.82, 2.24) is 4.98 Å². The number of nitrogens with zero attached hydrogens (tertiary/aromatic N) is 1. The lowest BCUT2D eigenvalue weighted by atomic mass is 10.3. The van der Waals surface area contributed by atoms with Crippen LogP contribution < -0.4 is 14.8 Å². The monoisotopic (exact) mass is 288 g/mol. The Morgan fingerprint density at radius 3 is 2.90 bits per heavy atom. The molecule has 1 N–H and O–H groups in total. The highest BCUT2D eigenvalue weighted by molar-refractivity contribution is 7.98. The Morgan fingerprint density at radius 2 is 2.05 bits per heavy atom. The topological polar surface area (TPSA) is 43.4 Å². The number of benzene rings is 1. The number of fused-ring (bicyclic) bond motifs is 1. The summed E-state index contributed by atoms with van der Waals surface area (Å²) in [6.45, 7) is 1.24. The van der Waals surface area contributed by atoms with E-state index in [0.717, 1.165) is 23.1 Å². The van der Waals surface area contributed by atoms with Gasteiger partial charge in [-0.05, 0) is 24.3 Å².